The van der Waals surface area contributed by atoms with Crippen LogP contribution < -0.4 is 5.32 Å². The number of nitrogens with one attached hydrogen (secondary N) is 3. The van der Waals surface area contributed by atoms with E-state index >= 15 is 0 Å². The average Bonchev–Trinajstić information content (AvgIpc) is 3.31. The smallest absolute Gasteiger partial charge is 0.139 e. The second-order valence-corrected chi connectivity index (χ2v) is 5.56. The first-order valence-corrected chi connectivity index (χ1v) is 7.97. The minimum absolute atomic E-state index is 0.905. The highest BCUT2D eigenvalue weighted by molar-refractivity contribution is 5.93. The van der Waals surface area contributed by atoms with Crippen molar-refractivity contribution in [1.29, 1.82) is 0 Å². The maximum atomic E-state index is 4.23. The third kappa shape index (κ3) is 2.82. The van der Waals surface area contributed by atoms with Crippen LogP contribution in [0.5, 0.6) is 0 Å². The number of imidazole rings is 1. The summed E-state index contributed by atoms with van der Waals surface area (Å²) >= 11 is 0. The molecule has 0 bridgehead atoms. The molecular weight excluding hydrogens is 296 g/mol. The summed E-state index contributed by atoms with van der Waals surface area (Å²) in [5.41, 5.74) is 4.78. The highest BCUT2D eigenvalue weighted by Gasteiger charge is 2.06. The molecule has 4 aromatic rings. The highest BCUT2D eigenvalue weighted by Crippen LogP contribution is 2.25. The fraction of sp³-hybridized carbons (Fsp3) is 0.0500. The Bertz CT molecular complexity index is 964. The molecular formula is C20H18N4. The molecule has 0 saturated carbocycles. The third-order valence-electron chi connectivity index (χ3n) is 4.01. The van der Waals surface area contributed by atoms with Crippen molar-refractivity contribution in [2.75, 3.05) is 11.9 Å². The van der Waals surface area contributed by atoms with Gasteiger partial charge in [-0.25, -0.2) is 4.98 Å². The molecule has 0 saturated heterocycles. The predicted octanol–water partition coefficient (Wildman–Crippen LogP) is 4.68. The highest BCUT2D eigenvalue weighted by atomic mass is 14.9. The summed E-state index contributed by atoms with van der Waals surface area (Å²) in [6.45, 7) is 0.955. The Morgan fingerprint density at radius 3 is 2.67 bits per heavy atom. The van der Waals surface area contributed by atoms with Crippen molar-refractivity contribution in [2.45, 2.75) is 0 Å². The van der Waals surface area contributed by atoms with Gasteiger partial charge >= 0.3 is 0 Å². The van der Waals surface area contributed by atoms with E-state index in [9.17, 15) is 0 Å². The second kappa shape index (κ2) is 6.46. The molecule has 2 aromatic carbocycles. The van der Waals surface area contributed by atoms with Crippen LogP contribution >= 0.6 is 0 Å². The number of para-hydroxylation sites is 2. The van der Waals surface area contributed by atoms with Crippen molar-refractivity contribution >= 4 is 22.7 Å². The van der Waals surface area contributed by atoms with E-state index in [0.29, 0.717) is 0 Å². The fourth-order valence-electron chi connectivity index (χ4n) is 2.84. The molecule has 0 aliphatic carbocycles. The van der Waals surface area contributed by atoms with E-state index < -0.39 is 0 Å². The number of H-pyrrole nitrogens is 2. The SMILES string of the molecule is C1=Cc2ccccc2NC1.c1ccc2c(-c3ncc[nH]3)c[nH]c2c1. The lowest BCUT2D eigenvalue weighted by Crippen LogP contribution is -2.03. The van der Waals surface area contributed by atoms with Gasteiger partial charge in [0.25, 0.3) is 0 Å². The van der Waals surface area contributed by atoms with Gasteiger partial charge in [0.05, 0.1) is 0 Å². The van der Waals surface area contributed by atoms with Gasteiger partial charge in [-0.1, -0.05) is 48.6 Å². The van der Waals surface area contributed by atoms with E-state index in [0.717, 1.165) is 23.4 Å². The van der Waals surface area contributed by atoms with Crippen LogP contribution in [-0.4, -0.2) is 21.5 Å². The zero-order chi connectivity index (χ0) is 16.2. The standard InChI is InChI=1S/C11H9N3.C9H9N/c1-2-4-10-8(3-1)9(7-14-10)11-12-5-6-13-11;1-2-6-9-8(4-1)5-3-7-10-9/h1-7,14H,(H,12,13);1-6,10H,7H2. The average molecular weight is 314 g/mol. The Kier molecular flexibility index (Phi) is 3.86. The first-order valence-electron chi connectivity index (χ1n) is 7.97. The minimum atomic E-state index is 0.905. The molecule has 3 heterocycles. The van der Waals surface area contributed by atoms with E-state index in [-0.39, 0.29) is 0 Å². The number of rotatable bonds is 1. The molecule has 1 aliphatic rings. The summed E-state index contributed by atoms with van der Waals surface area (Å²) in [4.78, 5) is 10.6. The number of hydrogen-bond acceptors (Lipinski definition) is 2. The van der Waals surface area contributed by atoms with E-state index in [2.05, 4.69) is 62.8 Å². The molecule has 0 amide bonds. The van der Waals surface area contributed by atoms with Crippen molar-refractivity contribution in [3.05, 3.63) is 78.8 Å². The van der Waals surface area contributed by atoms with Crippen LogP contribution in [0.15, 0.2) is 73.2 Å². The first kappa shape index (κ1) is 14.3. The Morgan fingerprint density at radius 2 is 1.79 bits per heavy atom. The number of aromatic amines is 2. The molecule has 118 valence electrons. The van der Waals surface area contributed by atoms with E-state index in [1.54, 1.807) is 6.20 Å². The Morgan fingerprint density at radius 1 is 0.917 bits per heavy atom. The lowest BCUT2D eigenvalue weighted by atomic mass is 10.1. The number of hydrogen-bond donors (Lipinski definition) is 3. The molecule has 2 aromatic heterocycles. The molecule has 0 fully saturated rings. The van der Waals surface area contributed by atoms with Crippen LogP contribution in [-0.2, 0) is 0 Å². The summed E-state index contributed by atoms with van der Waals surface area (Å²) in [5.74, 6) is 0.905. The molecule has 0 spiro atoms. The molecule has 0 radical (unpaired) electrons. The molecule has 4 nitrogen and oxygen atoms in total. The van der Waals surface area contributed by atoms with Crippen LogP contribution in [0.3, 0.4) is 0 Å². The van der Waals surface area contributed by atoms with Crippen LogP contribution in [0.2, 0.25) is 0 Å². The van der Waals surface area contributed by atoms with Crippen LogP contribution in [0.25, 0.3) is 28.4 Å². The summed E-state index contributed by atoms with van der Waals surface area (Å²) in [7, 11) is 0. The zero-order valence-electron chi connectivity index (χ0n) is 13.2. The molecule has 24 heavy (non-hydrogen) atoms. The van der Waals surface area contributed by atoms with Crippen molar-refractivity contribution < 1.29 is 0 Å². The van der Waals surface area contributed by atoms with Gasteiger partial charge in [-0.05, 0) is 17.7 Å². The normalized spacial score (nSPS) is 12.2. The number of anilines is 1. The van der Waals surface area contributed by atoms with E-state index in [1.807, 2.05) is 30.6 Å². The third-order valence-corrected chi connectivity index (χ3v) is 4.01. The number of nitrogens with zero attached hydrogens (tertiary/aromatic N) is 1. The van der Waals surface area contributed by atoms with Gasteiger partial charge in [0, 0.05) is 47.3 Å². The van der Waals surface area contributed by atoms with Gasteiger partial charge in [0.15, 0.2) is 0 Å². The molecule has 5 rings (SSSR count). The fourth-order valence-corrected chi connectivity index (χ4v) is 2.84. The zero-order valence-corrected chi connectivity index (χ0v) is 13.2. The van der Waals surface area contributed by atoms with Crippen molar-refractivity contribution in [2.24, 2.45) is 0 Å². The summed E-state index contributed by atoms with van der Waals surface area (Å²) in [5, 5.41) is 4.47. The summed E-state index contributed by atoms with van der Waals surface area (Å²) < 4.78 is 0. The van der Waals surface area contributed by atoms with Gasteiger partial charge in [-0.15, -0.1) is 0 Å². The van der Waals surface area contributed by atoms with Gasteiger partial charge in [0.1, 0.15) is 5.82 Å². The van der Waals surface area contributed by atoms with Crippen molar-refractivity contribution in [3.8, 4) is 11.4 Å². The summed E-state index contributed by atoms with van der Waals surface area (Å²) in [6.07, 6.45) is 9.84. The molecule has 4 heteroatoms. The Balaban J connectivity index is 0.000000129. The topological polar surface area (TPSA) is 56.5 Å². The van der Waals surface area contributed by atoms with Gasteiger partial charge in [-0.2, -0.15) is 0 Å². The maximum absolute atomic E-state index is 4.23. The van der Waals surface area contributed by atoms with Crippen LogP contribution in [0.4, 0.5) is 5.69 Å². The molecule has 3 N–H and O–H groups in total. The molecule has 0 unspecified atom stereocenters. The van der Waals surface area contributed by atoms with E-state index in [4.69, 9.17) is 0 Å². The predicted molar refractivity (Wildman–Crippen MR) is 99.8 cm³/mol. The number of fused-ring (bicyclic) bond motifs is 2. The largest absolute Gasteiger partial charge is 0.381 e. The van der Waals surface area contributed by atoms with Crippen molar-refractivity contribution in [3.63, 3.8) is 0 Å². The lowest BCUT2D eigenvalue weighted by molar-refractivity contribution is 1.31. The summed E-state index contributed by atoms with van der Waals surface area (Å²) in [6, 6.07) is 16.5. The lowest BCUT2D eigenvalue weighted by Gasteiger charge is -2.11. The maximum Gasteiger partial charge on any atom is 0.139 e. The van der Waals surface area contributed by atoms with Crippen LogP contribution in [0.1, 0.15) is 5.56 Å². The van der Waals surface area contributed by atoms with Gasteiger partial charge < -0.3 is 15.3 Å². The first-order chi connectivity index (χ1) is 11.9. The van der Waals surface area contributed by atoms with Gasteiger partial charge in [-0.3, -0.25) is 0 Å². The Labute approximate surface area is 140 Å². The quantitative estimate of drug-likeness (QED) is 0.477. The second-order valence-electron chi connectivity index (χ2n) is 5.56. The molecule has 1 aliphatic heterocycles. The minimum Gasteiger partial charge on any atom is -0.381 e. The Hall–Kier alpha value is -3.27. The number of benzene rings is 2. The van der Waals surface area contributed by atoms with E-state index in [1.165, 1.54) is 16.6 Å². The monoisotopic (exact) mass is 314 g/mol. The number of aromatic nitrogens is 3. The van der Waals surface area contributed by atoms with Gasteiger partial charge in [0.2, 0.25) is 0 Å². The molecule has 0 atom stereocenters. The van der Waals surface area contributed by atoms with Crippen LogP contribution in [0, 0.1) is 0 Å². The van der Waals surface area contributed by atoms with Crippen molar-refractivity contribution in [1.82, 2.24) is 15.0 Å².